The molecule has 1 fully saturated rings. The number of rotatable bonds is 6. The summed E-state index contributed by atoms with van der Waals surface area (Å²) in [4.78, 5) is 7.18. The first-order chi connectivity index (χ1) is 17.8. The first kappa shape index (κ1) is 22.5. The van der Waals surface area contributed by atoms with E-state index in [2.05, 4.69) is 65.6 Å². The quantitative estimate of drug-likeness (QED) is 0.262. The van der Waals surface area contributed by atoms with Gasteiger partial charge in [-0.2, -0.15) is 0 Å². The van der Waals surface area contributed by atoms with Crippen molar-refractivity contribution in [3.8, 4) is 33.8 Å². The van der Waals surface area contributed by atoms with Crippen LogP contribution in [0.15, 0.2) is 109 Å². The zero-order valence-corrected chi connectivity index (χ0v) is 20.1. The van der Waals surface area contributed by atoms with Gasteiger partial charge in [-0.15, -0.1) is 0 Å². The van der Waals surface area contributed by atoms with Crippen LogP contribution in [-0.2, 0) is 11.3 Å². The highest BCUT2D eigenvalue weighted by molar-refractivity contribution is 6.04. The number of hydrogen-bond acceptors (Lipinski definition) is 4. The molecule has 0 unspecified atom stereocenters. The predicted octanol–water partition coefficient (Wildman–Crippen LogP) is 7.19. The van der Waals surface area contributed by atoms with E-state index in [0.29, 0.717) is 0 Å². The Hall–Kier alpha value is -3.99. The van der Waals surface area contributed by atoms with Crippen molar-refractivity contribution in [2.45, 2.75) is 6.54 Å². The average molecular weight is 473 g/mol. The Bertz CT molecular complexity index is 1460. The van der Waals surface area contributed by atoms with Gasteiger partial charge in [0.2, 0.25) is 0 Å². The average Bonchev–Trinajstić information content (AvgIpc) is 2.94. The highest BCUT2D eigenvalue weighted by Crippen LogP contribution is 2.37. The van der Waals surface area contributed by atoms with Crippen LogP contribution >= 0.6 is 0 Å². The van der Waals surface area contributed by atoms with Gasteiger partial charge in [-0.3, -0.25) is 9.88 Å². The number of aromatic nitrogens is 1. The normalized spacial score (nSPS) is 14.1. The largest absolute Gasteiger partial charge is 0.457 e. The standard InChI is InChI=1S/C32H28N2O2/c1-2-8-27(9-3-1)36-28-10-6-7-24(21-28)29-15-16-30(32-12-5-4-11-31(29)32)25-13-14-26(33-22-25)23-34-17-19-35-20-18-34/h1-16,21-22H,17-20,23H2. The Kier molecular flexibility index (Phi) is 6.44. The van der Waals surface area contributed by atoms with E-state index in [1.807, 2.05) is 48.7 Å². The van der Waals surface area contributed by atoms with E-state index < -0.39 is 0 Å². The number of ether oxygens (including phenoxy) is 2. The lowest BCUT2D eigenvalue weighted by molar-refractivity contribution is 0.0336. The van der Waals surface area contributed by atoms with Gasteiger partial charge < -0.3 is 9.47 Å². The van der Waals surface area contributed by atoms with Crippen LogP contribution in [0.5, 0.6) is 11.5 Å². The maximum absolute atomic E-state index is 6.09. The molecule has 1 aliphatic heterocycles. The lowest BCUT2D eigenvalue weighted by Crippen LogP contribution is -2.35. The van der Waals surface area contributed by atoms with Crippen molar-refractivity contribution in [2.24, 2.45) is 0 Å². The zero-order valence-electron chi connectivity index (χ0n) is 20.1. The summed E-state index contributed by atoms with van der Waals surface area (Å²) in [5, 5.41) is 2.43. The fourth-order valence-corrected chi connectivity index (χ4v) is 4.82. The Balaban J connectivity index is 1.31. The second kappa shape index (κ2) is 10.3. The molecule has 0 radical (unpaired) electrons. The number of nitrogens with zero attached hydrogens (tertiary/aromatic N) is 2. The molecule has 5 aromatic rings. The molecule has 0 saturated carbocycles. The molecule has 1 aromatic heterocycles. The molecule has 0 atom stereocenters. The number of benzene rings is 4. The minimum atomic E-state index is 0.803. The van der Waals surface area contributed by atoms with Gasteiger partial charge in [0.25, 0.3) is 0 Å². The molecular weight excluding hydrogens is 444 g/mol. The van der Waals surface area contributed by atoms with E-state index in [4.69, 9.17) is 14.5 Å². The first-order valence-corrected chi connectivity index (χ1v) is 12.4. The van der Waals surface area contributed by atoms with E-state index in [1.165, 1.54) is 21.9 Å². The summed E-state index contributed by atoms with van der Waals surface area (Å²) in [6.45, 7) is 4.40. The van der Waals surface area contributed by atoms with Crippen molar-refractivity contribution in [1.29, 1.82) is 0 Å². The molecule has 0 aliphatic carbocycles. The van der Waals surface area contributed by atoms with Gasteiger partial charge in [0.05, 0.1) is 18.9 Å². The minimum absolute atomic E-state index is 0.803. The van der Waals surface area contributed by atoms with Gasteiger partial charge in [0.1, 0.15) is 11.5 Å². The fraction of sp³-hybridized carbons (Fsp3) is 0.156. The van der Waals surface area contributed by atoms with Crippen LogP contribution in [0.3, 0.4) is 0 Å². The van der Waals surface area contributed by atoms with Crippen LogP contribution in [-0.4, -0.2) is 36.2 Å². The van der Waals surface area contributed by atoms with Crippen molar-refractivity contribution in [2.75, 3.05) is 26.3 Å². The summed E-state index contributed by atoms with van der Waals surface area (Å²) >= 11 is 0. The van der Waals surface area contributed by atoms with Crippen molar-refractivity contribution in [1.82, 2.24) is 9.88 Å². The van der Waals surface area contributed by atoms with Gasteiger partial charge in [0.15, 0.2) is 0 Å². The third kappa shape index (κ3) is 4.87. The van der Waals surface area contributed by atoms with E-state index in [9.17, 15) is 0 Å². The lowest BCUT2D eigenvalue weighted by Gasteiger charge is -2.26. The van der Waals surface area contributed by atoms with Gasteiger partial charge in [-0.25, -0.2) is 0 Å². The number of fused-ring (bicyclic) bond motifs is 1. The van der Waals surface area contributed by atoms with Crippen LogP contribution in [0.2, 0.25) is 0 Å². The highest BCUT2D eigenvalue weighted by atomic mass is 16.5. The molecule has 4 nitrogen and oxygen atoms in total. The molecule has 178 valence electrons. The summed E-state index contributed by atoms with van der Waals surface area (Å²) < 4.78 is 11.6. The van der Waals surface area contributed by atoms with E-state index in [0.717, 1.165) is 61.2 Å². The minimum Gasteiger partial charge on any atom is -0.457 e. The van der Waals surface area contributed by atoms with Crippen molar-refractivity contribution in [3.05, 3.63) is 115 Å². The molecule has 4 aromatic carbocycles. The molecule has 1 aliphatic rings. The van der Waals surface area contributed by atoms with Crippen LogP contribution in [0.4, 0.5) is 0 Å². The number of hydrogen-bond donors (Lipinski definition) is 0. The van der Waals surface area contributed by atoms with Crippen LogP contribution in [0, 0.1) is 0 Å². The molecule has 0 spiro atoms. The number of pyridine rings is 1. The van der Waals surface area contributed by atoms with E-state index in [-0.39, 0.29) is 0 Å². The Morgan fingerprint density at radius 1 is 0.667 bits per heavy atom. The highest BCUT2D eigenvalue weighted by Gasteiger charge is 2.13. The topological polar surface area (TPSA) is 34.6 Å². The van der Waals surface area contributed by atoms with E-state index in [1.54, 1.807) is 0 Å². The van der Waals surface area contributed by atoms with Crippen LogP contribution < -0.4 is 4.74 Å². The van der Waals surface area contributed by atoms with Crippen molar-refractivity contribution < 1.29 is 9.47 Å². The summed E-state index contributed by atoms with van der Waals surface area (Å²) in [5.41, 5.74) is 5.73. The summed E-state index contributed by atoms with van der Waals surface area (Å²) in [6, 6.07) is 35.5. The Morgan fingerprint density at radius 2 is 1.36 bits per heavy atom. The number of morpholine rings is 1. The second-order valence-corrected chi connectivity index (χ2v) is 9.08. The lowest BCUT2D eigenvalue weighted by atomic mass is 9.92. The number of para-hydroxylation sites is 1. The smallest absolute Gasteiger partial charge is 0.128 e. The molecule has 2 heterocycles. The first-order valence-electron chi connectivity index (χ1n) is 12.4. The predicted molar refractivity (Wildman–Crippen MR) is 145 cm³/mol. The maximum atomic E-state index is 6.09. The van der Waals surface area contributed by atoms with Gasteiger partial charge in [-0.1, -0.05) is 72.8 Å². The molecule has 0 N–H and O–H groups in total. The third-order valence-electron chi connectivity index (χ3n) is 6.67. The molecule has 0 amide bonds. The molecule has 1 saturated heterocycles. The molecule has 36 heavy (non-hydrogen) atoms. The van der Waals surface area contributed by atoms with Gasteiger partial charge in [-0.05, 0) is 57.8 Å². The maximum Gasteiger partial charge on any atom is 0.128 e. The van der Waals surface area contributed by atoms with E-state index >= 15 is 0 Å². The molecule has 0 bridgehead atoms. The fourth-order valence-electron chi connectivity index (χ4n) is 4.82. The summed E-state index contributed by atoms with van der Waals surface area (Å²) in [5.74, 6) is 1.66. The Morgan fingerprint density at radius 3 is 2.08 bits per heavy atom. The summed E-state index contributed by atoms with van der Waals surface area (Å²) in [6.07, 6.45) is 2.01. The summed E-state index contributed by atoms with van der Waals surface area (Å²) in [7, 11) is 0. The SMILES string of the molecule is c1ccc(Oc2cccc(-c3ccc(-c4ccc(CN5CCOCC5)nc4)c4ccccc34)c2)cc1. The van der Waals surface area contributed by atoms with Crippen molar-refractivity contribution in [3.63, 3.8) is 0 Å². The van der Waals surface area contributed by atoms with Crippen molar-refractivity contribution >= 4 is 10.8 Å². The molecular formula is C32H28N2O2. The zero-order chi connectivity index (χ0) is 24.2. The molecule has 6 rings (SSSR count). The van der Waals surface area contributed by atoms with Crippen LogP contribution in [0.25, 0.3) is 33.0 Å². The second-order valence-electron chi connectivity index (χ2n) is 9.08. The monoisotopic (exact) mass is 472 g/mol. The Labute approximate surface area is 211 Å². The van der Waals surface area contributed by atoms with Gasteiger partial charge in [0, 0.05) is 31.4 Å². The van der Waals surface area contributed by atoms with Gasteiger partial charge >= 0.3 is 0 Å². The van der Waals surface area contributed by atoms with Crippen LogP contribution in [0.1, 0.15) is 5.69 Å². The molecule has 4 heteroatoms. The third-order valence-corrected chi connectivity index (χ3v) is 6.67.